The first-order valence-corrected chi connectivity index (χ1v) is 14.3. The third-order valence-corrected chi connectivity index (χ3v) is 8.73. The van der Waals surface area contributed by atoms with Crippen LogP contribution >= 0.6 is 11.6 Å². The van der Waals surface area contributed by atoms with Crippen LogP contribution in [0.1, 0.15) is 43.2 Å². The number of fused-ring (bicyclic) bond motifs is 3. The number of rotatable bonds is 5. The molecule has 0 spiro atoms. The SMILES string of the molecule is Cc1cc(N)nc(-c2c(Cl)cc3c(N4C[C@@H]5CCC[C@@H](C4)N5)nc(OC[C@@H]4CCCN4C)nc3c2F)c1C(F)(F)F. The summed E-state index contributed by atoms with van der Waals surface area (Å²) in [7, 11) is 2.01. The minimum Gasteiger partial charge on any atom is -0.462 e. The van der Waals surface area contributed by atoms with Crippen molar-refractivity contribution in [1.29, 1.82) is 0 Å². The standard InChI is InChI=1S/C28H32ClF4N7O/c1-14-9-20(34)36-25(22(14)28(31,32)33)21-19(29)10-18-24(23(21)30)37-27(41-13-17-7-4-8-39(17)2)38-26(18)40-11-15-5-3-6-16(12-40)35-15/h9-10,15-17,35H,3-8,11-13H2,1-2H3,(H2,34,36)/t15-,16-,17-/m0/s1. The Hall–Kier alpha value is -2.96. The van der Waals surface area contributed by atoms with Gasteiger partial charge in [0, 0.05) is 36.6 Å². The number of likely N-dealkylation sites (N-methyl/N-ethyl adjacent to an activating group) is 1. The summed E-state index contributed by atoms with van der Waals surface area (Å²) >= 11 is 6.57. The van der Waals surface area contributed by atoms with E-state index >= 15 is 4.39 Å². The molecular weight excluding hydrogens is 562 g/mol. The summed E-state index contributed by atoms with van der Waals surface area (Å²) in [5.41, 5.74) is 3.17. The van der Waals surface area contributed by atoms with Crippen LogP contribution in [0.15, 0.2) is 12.1 Å². The molecule has 2 aromatic heterocycles. The summed E-state index contributed by atoms with van der Waals surface area (Å²) < 4.78 is 65.0. The van der Waals surface area contributed by atoms with Gasteiger partial charge in [-0.15, -0.1) is 0 Å². The molecular formula is C28H32ClF4N7O. The number of alkyl halides is 3. The number of hydrogen-bond donors (Lipinski definition) is 2. The Labute approximate surface area is 240 Å². The second-order valence-electron chi connectivity index (χ2n) is 11.3. The largest absolute Gasteiger partial charge is 0.462 e. The lowest BCUT2D eigenvalue weighted by molar-refractivity contribution is -0.137. The Morgan fingerprint density at radius 1 is 1.10 bits per heavy atom. The number of benzene rings is 1. The van der Waals surface area contributed by atoms with E-state index in [1.807, 2.05) is 7.05 Å². The summed E-state index contributed by atoms with van der Waals surface area (Å²) in [4.78, 5) is 17.3. The number of ether oxygens (including phenoxy) is 1. The maximum atomic E-state index is 16.5. The molecule has 13 heteroatoms. The first kappa shape index (κ1) is 28.2. The van der Waals surface area contributed by atoms with Gasteiger partial charge in [-0.2, -0.15) is 23.1 Å². The number of hydrogen-bond acceptors (Lipinski definition) is 8. The van der Waals surface area contributed by atoms with Crippen molar-refractivity contribution in [3.8, 4) is 17.3 Å². The molecule has 5 heterocycles. The van der Waals surface area contributed by atoms with Crippen LogP contribution in [0.4, 0.5) is 29.2 Å². The monoisotopic (exact) mass is 593 g/mol. The van der Waals surface area contributed by atoms with Crippen LogP contribution in [-0.4, -0.2) is 71.3 Å². The van der Waals surface area contributed by atoms with Gasteiger partial charge in [0.1, 0.15) is 23.8 Å². The van der Waals surface area contributed by atoms with Gasteiger partial charge in [0.2, 0.25) is 0 Å². The van der Waals surface area contributed by atoms with Crippen molar-refractivity contribution in [1.82, 2.24) is 25.2 Å². The van der Waals surface area contributed by atoms with Crippen LogP contribution in [-0.2, 0) is 6.18 Å². The molecule has 3 atom stereocenters. The Bertz CT molecular complexity index is 1470. The van der Waals surface area contributed by atoms with Gasteiger partial charge >= 0.3 is 12.2 Å². The molecule has 1 aromatic carbocycles. The zero-order valence-electron chi connectivity index (χ0n) is 22.9. The first-order valence-electron chi connectivity index (χ1n) is 13.9. The van der Waals surface area contributed by atoms with Crippen molar-refractivity contribution < 1.29 is 22.3 Å². The predicted molar refractivity (Wildman–Crippen MR) is 150 cm³/mol. The van der Waals surface area contributed by atoms with Gasteiger partial charge in [0.15, 0.2) is 5.82 Å². The normalized spacial score (nSPS) is 23.4. The molecule has 0 amide bonds. The highest BCUT2D eigenvalue weighted by Gasteiger charge is 2.39. The van der Waals surface area contributed by atoms with Crippen molar-refractivity contribution in [2.45, 2.75) is 63.3 Å². The summed E-state index contributed by atoms with van der Waals surface area (Å²) in [6.07, 6.45) is 0.319. The molecule has 0 radical (unpaired) electrons. The molecule has 3 saturated heterocycles. The number of nitrogens with zero attached hydrogens (tertiary/aromatic N) is 5. The number of likely N-dealkylation sites (tertiary alicyclic amines) is 1. The lowest BCUT2D eigenvalue weighted by Gasteiger charge is -2.43. The number of aromatic nitrogens is 3. The fraction of sp³-hybridized carbons (Fsp3) is 0.536. The van der Waals surface area contributed by atoms with E-state index < -0.39 is 28.8 Å². The van der Waals surface area contributed by atoms with E-state index in [1.165, 1.54) is 13.0 Å². The molecule has 3 aromatic rings. The van der Waals surface area contributed by atoms with Crippen molar-refractivity contribution in [3.63, 3.8) is 0 Å². The Morgan fingerprint density at radius 3 is 2.49 bits per heavy atom. The van der Waals surface area contributed by atoms with Gasteiger partial charge in [0.25, 0.3) is 0 Å². The Kier molecular flexibility index (Phi) is 7.36. The number of nitrogens with one attached hydrogen (secondary N) is 1. The fourth-order valence-electron chi connectivity index (χ4n) is 6.46. The number of nitrogens with two attached hydrogens (primary N) is 1. The van der Waals surface area contributed by atoms with Gasteiger partial charge in [-0.25, -0.2) is 9.37 Å². The summed E-state index contributed by atoms with van der Waals surface area (Å²) in [5.74, 6) is -0.762. The molecule has 3 aliphatic rings. The predicted octanol–water partition coefficient (Wildman–Crippen LogP) is 5.20. The number of halogens is 5. The highest BCUT2D eigenvalue weighted by molar-refractivity contribution is 6.34. The number of anilines is 2. The van der Waals surface area contributed by atoms with Gasteiger partial charge in [-0.05, 0) is 63.9 Å². The molecule has 220 valence electrons. The lowest BCUT2D eigenvalue weighted by atomic mass is 9.94. The van der Waals surface area contributed by atoms with Crippen molar-refractivity contribution in [2.75, 3.05) is 43.9 Å². The molecule has 41 heavy (non-hydrogen) atoms. The average molecular weight is 594 g/mol. The van der Waals surface area contributed by atoms with Crippen molar-refractivity contribution in [2.24, 2.45) is 0 Å². The van der Waals surface area contributed by atoms with Crippen LogP contribution in [0, 0.1) is 12.7 Å². The third kappa shape index (κ3) is 5.37. The van der Waals surface area contributed by atoms with Crippen molar-refractivity contribution >= 4 is 34.1 Å². The topological polar surface area (TPSA) is 92.4 Å². The van der Waals surface area contributed by atoms with E-state index in [-0.39, 0.29) is 46.1 Å². The lowest BCUT2D eigenvalue weighted by Crippen LogP contribution is -2.59. The van der Waals surface area contributed by atoms with Crippen LogP contribution in [0.25, 0.3) is 22.2 Å². The minimum atomic E-state index is -4.82. The zero-order valence-corrected chi connectivity index (χ0v) is 23.6. The van der Waals surface area contributed by atoms with Crippen LogP contribution in [0.2, 0.25) is 5.02 Å². The van der Waals surface area contributed by atoms with E-state index in [2.05, 4.69) is 25.1 Å². The Morgan fingerprint density at radius 2 is 1.83 bits per heavy atom. The highest BCUT2D eigenvalue weighted by atomic mass is 35.5. The molecule has 0 saturated carbocycles. The van der Waals surface area contributed by atoms with E-state index in [9.17, 15) is 13.2 Å². The van der Waals surface area contributed by atoms with E-state index in [0.717, 1.165) is 44.7 Å². The fourth-order valence-corrected chi connectivity index (χ4v) is 6.74. The number of aryl methyl sites for hydroxylation is 1. The smallest absolute Gasteiger partial charge is 0.418 e. The number of pyridine rings is 1. The van der Waals surface area contributed by atoms with E-state index in [4.69, 9.17) is 27.1 Å². The van der Waals surface area contributed by atoms with Gasteiger partial charge in [-0.3, -0.25) is 0 Å². The Balaban J connectivity index is 1.52. The van der Waals surface area contributed by atoms with E-state index in [0.29, 0.717) is 30.9 Å². The zero-order chi connectivity index (χ0) is 29.1. The first-order chi connectivity index (χ1) is 19.5. The molecule has 8 nitrogen and oxygen atoms in total. The maximum Gasteiger partial charge on any atom is 0.418 e. The molecule has 0 unspecified atom stereocenters. The molecule has 6 rings (SSSR count). The molecule has 3 aliphatic heterocycles. The third-order valence-electron chi connectivity index (χ3n) is 8.43. The molecule has 3 N–H and O–H groups in total. The number of nitrogen functional groups attached to an aromatic ring is 1. The summed E-state index contributed by atoms with van der Waals surface area (Å²) in [6.45, 7) is 3.80. The quantitative estimate of drug-likeness (QED) is 0.390. The average Bonchev–Trinajstić information content (AvgIpc) is 3.30. The van der Waals surface area contributed by atoms with Crippen LogP contribution in [0.5, 0.6) is 6.01 Å². The van der Waals surface area contributed by atoms with Gasteiger partial charge < -0.3 is 25.6 Å². The van der Waals surface area contributed by atoms with E-state index in [1.54, 1.807) is 0 Å². The second kappa shape index (κ2) is 10.7. The number of piperazine rings is 1. The molecule has 0 aliphatic carbocycles. The summed E-state index contributed by atoms with van der Waals surface area (Å²) in [5, 5.41) is 3.68. The second-order valence-corrected chi connectivity index (χ2v) is 11.7. The molecule has 2 bridgehead atoms. The van der Waals surface area contributed by atoms with Crippen molar-refractivity contribution in [3.05, 3.63) is 34.1 Å². The summed E-state index contributed by atoms with van der Waals surface area (Å²) in [6, 6.07) is 3.16. The van der Waals surface area contributed by atoms with Gasteiger partial charge in [-0.1, -0.05) is 18.0 Å². The molecule has 3 fully saturated rings. The number of piperidine rings is 1. The highest BCUT2D eigenvalue weighted by Crippen LogP contribution is 2.44. The minimum absolute atomic E-state index is 0.0311. The van der Waals surface area contributed by atoms with Crippen LogP contribution < -0.4 is 20.7 Å². The van der Waals surface area contributed by atoms with Crippen LogP contribution in [0.3, 0.4) is 0 Å². The van der Waals surface area contributed by atoms with Gasteiger partial charge in [0.05, 0.1) is 21.8 Å². The maximum absolute atomic E-state index is 16.5.